The number of rotatable bonds is 6. The molecule has 0 bridgehead atoms. The third-order valence-electron chi connectivity index (χ3n) is 5.70. The molecule has 0 saturated carbocycles. The van der Waals surface area contributed by atoms with Gasteiger partial charge in [0.05, 0.1) is 15.1 Å². The van der Waals surface area contributed by atoms with Crippen LogP contribution >= 0.6 is 11.3 Å². The van der Waals surface area contributed by atoms with Crippen LogP contribution in [0.4, 0.5) is 5.69 Å². The summed E-state index contributed by atoms with van der Waals surface area (Å²) < 4.78 is 30.2. The summed E-state index contributed by atoms with van der Waals surface area (Å²) in [5.74, 6) is -0.377. The molecular weight excluding hydrogens is 476 g/mol. The summed E-state index contributed by atoms with van der Waals surface area (Å²) in [4.78, 5) is 37.9. The summed E-state index contributed by atoms with van der Waals surface area (Å²) in [5, 5.41) is 2.65. The summed E-state index contributed by atoms with van der Waals surface area (Å²) >= 11 is 1.05. The van der Waals surface area contributed by atoms with Gasteiger partial charge in [-0.05, 0) is 48.9 Å². The highest BCUT2D eigenvalue weighted by Gasteiger charge is 2.31. The molecule has 9 nitrogen and oxygen atoms in total. The number of aromatic nitrogens is 1. The Bertz CT molecular complexity index is 1380. The van der Waals surface area contributed by atoms with Crippen LogP contribution in [0.2, 0.25) is 0 Å². The Labute approximate surface area is 201 Å². The highest BCUT2D eigenvalue weighted by molar-refractivity contribution is 7.89. The molecule has 3 aromatic rings. The number of hydrogen-bond donors (Lipinski definition) is 1. The maximum absolute atomic E-state index is 13.2. The molecule has 1 aliphatic rings. The van der Waals surface area contributed by atoms with Crippen LogP contribution in [0.25, 0.3) is 10.2 Å². The Morgan fingerprint density at radius 2 is 1.71 bits per heavy atom. The van der Waals surface area contributed by atoms with Crippen molar-refractivity contribution in [1.29, 1.82) is 0 Å². The van der Waals surface area contributed by atoms with Gasteiger partial charge < -0.3 is 10.2 Å². The molecule has 34 heavy (non-hydrogen) atoms. The maximum Gasteiger partial charge on any atom is 0.308 e. The highest BCUT2D eigenvalue weighted by atomic mass is 32.2. The SMILES string of the molecule is CCCn1c(=O)sc2cc(S(=O)(=O)N3CCN(C(=O)c4ccc(NC(C)=O)cc4)CC3)ccc21. The molecule has 2 heterocycles. The number of piperazine rings is 1. The first-order chi connectivity index (χ1) is 16.2. The van der Waals surface area contributed by atoms with Crippen LogP contribution < -0.4 is 10.2 Å². The fraction of sp³-hybridized carbons (Fsp3) is 0.348. The van der Waals surface area contributed by atoms with Gasteiger partial charge in [0.2, 0.25) is 15.9 Å². The van der Waals surface area contributed by atoms with Crippen LogP contribution in [0.1, 0.15) is 30.6 Å². The van der Waals surface area contributed by atoms with Gasteiger partial charge in [0.15, 0.2) is 0 Å². The lowest BCUT2D eigenvalue weighted by atomic mass is 10.1. The first-order valence-electron chi connectivity index (χ1n) is 11.0. The van der Waals surface area contributed by atoms with Crippen molar-refractivity contribution in [1.82, 2.24) is 13.8 Å². The highest BCUT2D eigenvalue weighted by Crippen LogP contribution is 2.25. The van der Waals surface area contributed by atoms with Gasteiger partial charge in [0.25, 0.3) is 5.91 Å². The van der Waals surface area contributed by atoms with E-state index < -0.39 is 10.0 Å². The van der Waals surface area contributed by atoms with E-state index in [9.17, 15) is 22.8 Å². The van der Waals surface area contributed by atoms with Crippen molar-refractivity contribution in [3.8, 4) is 0 Å². The van der Waals surface area contributed by atoms with Gasteiger partial charge in [-0.1, -0.05) is 18.3 Å². The Hall–Kier alpha value is -3.02. The average Bonchev–Trinajstić information content (AvgIpc) is 3.13. The predicted molar refractivity (Wildman–Crippen MR) is 132 cm³/mol. The Balaban J connectivity index is 1.45. The van der Waals surface area contributed by atoms with Crippen molar-refractivity contribution >= 4 is 49.1 Å². The number of nitrogens with one attached hydrogen (secondary N) is 1. The minimum Gasteiger partial charge on any atom is -0.336 e. The normalized spacial score (nSPS) is 14.9. The summed E-state index contributed by atoms with van der Waals surface area (Å²) in [7, 11) is -3.75. The number of amides is 2. The Morgan fingerprint density at radius 1 is 1.03 bits per heavy atom. The first kappa shape index (κ1) is 24.1. The lowest BCUT2D eigenvalue weighted by molar-refractivity contribution is -0.114. The third-order valence-corrected chi connectivity index (χ3v) is 8.54. The predicted octanol–water partition coefficient (Wildman–Crippen LogP) is 2.58. The molecule has 0 unspecified atom stereocenters. The number of sulfonamides is 1. The molecular formula is C23H26N4O5S2. The number of carbonyl (C=O) groups excluding carboxylic acids is 2. The van der Waals surface area contributed by atoms with E-state index >= 15 is 0 Å². The molecule has 0 radical (unpaired) electrons. The molecule has 2 aromatic carbocycles. The van der Waals surface area contributed by atoms with E-state index in [2.05, 4.69) is 5.32 Å². The number of nitrogens with zero attached hydrogens (tertiary/aromatic N) is 3. The molecule has 11 heteroatoms. The number of fused-ring (bicyclic) bond motifs is 1. The zero-order valence-corrected chi connectivity index (χ0v) is 20.6. The lowest BCUT2D eigenvalue weighted by Crippen LogP contribution is -2.50. The minimum atomic E-state index is -3.75. The van der Waals surface area contributed by atoms with E-state index in [1.54, 1.807) is 51.9 Å². The number of benzene rings is 2. The van der Waals surface area contributed by atoms with Crippen molar-refractivity contribution in [3.05, 3.63) is 57.7 Å². The molecule has 1 saturated heterocycles. The maximum atomic E-state index is 13.2. The van der Waals surface area contributed by atoms with Gasteiger partial charge in [-0.3, -0.25) is 19.0 Å². The second kappa shape index (κ2) is 9.69. The van der Waals surface area contributed by atoms with E-state index in [0.29, 0.717) is 22.5 Å². The summed E-state index contributed by atoms with van der Waals surface area (Å²) in [5.41, 5.74) is 1.82. The van der Waals surface area contributed by atoms with Gasteiger partial charge in [0.1, 0.15) is 0 Å². The van der Waals surface area contributed by atoms with E-state index in [4.69, 9.17) is 0 Å². The van der Waals surface area contributed by atoms with Gasteiger partial charge in [-0.25, -0.2) is 8.42 Å². The molecule has 1 aliphatic heterocycles. The van der Waals surface area contributed by atoms with Crippen molar-refractivity contribution in [3.63, 3.8) is 0 Å². The zero-order valence-electron chi connectivity index (χ0n) is 19.0. The van der Waals surface area contributed by atoms with Gasteiger partial charge >= 0.3 is 4.87 Å². The van der Waals surface area contributed by atoms with Gasteiger partial charge in [-0.2, -0.15) is 4.31 Å². The van der Waals surface area contributed by atoms with Gasteiger partial charge in [-0.15, -0.1) is 0 Å². The largest absolute Gasteiger partial charge is 0.336 e. The Morgan fingerprint density at radius 3 is 2.32 bits per heavy atom. The molecule has 4 rings (SSSR count). The molecule has 1 N–H and O–H groups in total. The van der Waals surface area contributed by atoms with Crippen molar-refractivity contribution in [2.24, 2.45) is 0 Å². The quantitative estimate of drug-likeness (QED) is 0.557. The fourth-order valence-corrected chi connectivity index (χ4v) is 6.49. The summed E-state index contributed by atoms with van der Waals surface area (Å²) in [6.45, 7) is 4.90. The van der Waals surface area contributed by atoms with Crippen molar-refractivity contribution in [2.75, 3.05) is 31.5 Å². The lowest BCUT2D eigenvalue weighted by Gasteiger charge is -2.34. The molecule has 0 spiro atoms. The van der Waals surface area contributed by atoms with Gasteiger partial charge in [0, 0.05) is 50.9 Å². The molecule has 0 aliphatic carbocycles. The fourth-order valence-electron chi connectivity index (χ4n) is 4.01. The van der Waals surface area contributed by atoms with Crippen LogP contribution in [-0.2, 0) is 21.4 Å². The van der Waals surface area contributed by atoms with E-state index in [1.807, 2.05) is 6.92 Å². The number of anilines is 1. The Kier molecular flexibility index (Phi) is 6.87. The number of hydrogen-bond acceptors (Lipinski definition) is 6. The van der Waals surface area contributed by atoms with Crippen LogP contribution in [0.5, 0.6) is 0 Å². The monoisotopic (exact) mass is 502 g/mol. The second-order valence-electron chi connectivity index (χ2n) is 8.10. The standard InChI is InChI=1S/C23H26N4O5S2/c1-3-10-27-20-9-8-19(15-21(20)33-23(27)30)34(31,32)26-13-11-25(12-14-26)22(29)17-4-6-18(7-5-17)24-16(2)28/h4-9,15H,3,10-14H2,1-2H3,(H,24,28). The first-order valence-corrected chi connectivity index (χ1v) is 13.3. The zero-order chi connectivity index (χ0) is 24.5. The topological polar surface area (TPSA) is 109 Å². The van der Waals surface area contributed by atoms with Crippen molar-refractivity contribution in [2.45, 2.75) is 31.7 Å². The van der Waals surface area contributed by atoms with E-state index in [1.165, 1.54) is 11.2 Å². The third kappa shape index (κ3) is 4.77. The van der Waals surface area contributed by atoms with Crippen LogP contribution in [0, 0.1) is 0 Å². The smallest absolute Gasteiger partial charge is 0.308 e. The minimum absolute atomic E-state index is 0.0939. The molecule has 1 fully saturated rings. The van der Waals surface area contributed by atoms with E-state index in [-0.39, 0.29) is 47.8 Å². The molecule has 0 atom stereocenters. The number of aryl methyl sites for hydroxylation is 1. The van der Waals surface area contributed by atoms with Crippen molar-refractivity contribution < 1.29 is 18.0 Å². The molecule has 2 amide bonds. The number of carbonyl (C=O) groups is 2. The summed E-state index contributed by atoms with van der Waals surface area (Å²) in [6.07, 6.45) is 0.814. The summed E-state index contributed by atoms with van der Waals surface area (Å²) in [6, 6.07) is 11.4. The van der Waals surface area contributed by atoms with Crippen LogP contribution in [0.3, 0.4) is 0 Å². The van der Waals surface area contributed by atoms with Crippen LogP contribution in [0.15, 0.2) is 52.2 Å². The van der Waals surface area contributed by atoms with Crippen LogP contribution in [-0.4, -0.2) is 60.2 Å². The molecule has 180 valence electrons. The molecule has 1 aromatic heterocycles. The second-order valence-corrected chi connectivity index (χ2v) is 11.0. The van der Waals surface area contributed by atoms with E-state index in [0.717, 1.165) is 23.3 Å². The number of thiazole rings is 1. The average molecular weight is 503 g/mol.